The minimum absolute atomic E-state index is 0.0585. The number of rotatable bonds is 10. The molecule has 0 spiro atoms. The Morgan fingerprint density at radius 1 is 1.00 bits per heavy atom. The summed E-state index contributed by atoms with van der Waals surface area (Å²) in [6, 6.07) is 7.39. The maximum absolute atomic E-state index is 12.5. The first-order valence-corrected chi connectivity index (χ1v) is 18.1. The summed E-state index contributed by atoms with van der Waals surface area (Å²) in [5.74, 6) is 0.904. The van der Waals surface area contributed by atoms with Crippen LogP contribution in [-0.2, 0) is 32.0 Å². The number of carbonyl (C=O) groups excluding carboxylic acids is 2. The first-order chi connectivity index (χ1) is 22.5. The van der Waals surface area contributed by atoms with E-state index < -0.39 is 19.3 Å². The van der Waals surface area contributed by atoms with Gasteiger partial charge < -0.3 is 30.4 Å². The molecule has 7 rings (SSSR count). The van der Waals surface area contributed by atoms with Crippen LogP contribution in [0.3, 0.4) is 0 Å². The predicted molar refractivity (Wildman–Crippen MR) is 184 cm³/mol. The zero-order chi connectivity index (χ0) is 34.2. The van der Waals surface area contributed by atoms with Gasteiger partial charge in [-0.2, -0.15) is 0 Å². The summed E-state index contributed by atoms with van der Waals surface area (Å²) in [6.45, 7) is 13.0. The molecule has 3 aliphatic heterocycles. The van der Waals surface area contributed by atoms with Gasteiger partial charge in [0.25, 0.3) is 0 Å². The topological polar surface area (TPSA) is 134 Å². The van der Waals surface area contributed by atoms with Gasteiger partial charge in [0, 0.05) is 19.6 Å². The van der Waals surface area contributed by atoms with Crippen LogP contribution in [0.2, 0.25) is 0 Å². The van der Waals surface area contributed by atoms with E-state index in [1.165, 1.54) is 56.3 Å². The molecule has 0 aromatic heterocycles. The smallest absolute Gasteiger partial charge is 0.465 e. The van der Waals surface area contributed by atoms with E-state index in [1.807, 2.05) is 24.3 Å². The molecule has 5 atom stereocenters. The Balaban J connectivity index is 0.000000196. The normalized spacial score (nSPS) is 27.8. The fourth-order valence-corrected chi connectivity index (χ4v) is 8.29. The van der Waals surface area contributed by atoms with Crippen molar-refractivity contribution in [3.05, 3.63) is 35.4 Å². The van der Waals surface area contributed by atoms with E-state index in [0.717, 1.165) is 24.0 Å². The van der Waals surface area contributed by atoms with E-state index in [4.69, 9.17) is 20.1 Å². The highest BCUT2D eigenvalue weighted by Gasteiger charge is 2.67. The fraction of sp³-hybridized carbons (Fsp3) is 0.750. The number of unbranched alkanes of at least 4 members (excludes halogenated alkanes) is 6. The third-order valence-electron chi connectivity index (χ3n) is 11.3. The first kappa shape index (κ1) is 37.2. The van der Waals surface area contributed by atoms with Crippen LogP contribution in [0.25, 0.3) is 0 Å². The lowest BCUT2D eigenvalue weighted by atomic mass is 9.43. The zero-order valence-electron chi connectivity index (χ0n) is 29.5. The van der Waals surface area contributed by atoms with Gasteiger partial charge in [0.2, 0.25) is 11.8 Å². The van der Waals surface area contributed by atoms with Gasteiger partial charge in [-0.05, 0) is 61.0 Å². The number of nitrogens with two attached hydrogens (primary N) is 1. The van der Waals surface area contributed by atoms with Gasteiger partial charge in [0.1, 0.15) is 6.04 Å². The molecule has 0 radical (unpaired) electrons. The molecule has 47 heavy (non-hydrogen) atoms. The number of fused-ring (bicyclic) bond motifs is 1. The predicted octanol–water partition coefficient (Wildman–Crippen LogP) is 5.76. The lowest BCUT2D eigenvalue weighted by Gasteiger charge is -2.64. The minimum atomic E-state index is -0.841. The van der Waals surface area contributed by atoms with Gasteiger partial charge in [-0.1, -0.05) is 96.9 Å². The van der Waals surface area contributed by atoms with E-state index >= 15 is 0 Å². The van der Waals surface area contributed by atoms with Crippen LogP contribution in [0, 0.1) is 17.3 Å². The number of carboxylic acid groups (broad SMARTS) is 1. The standard InChI is InChI=1S/C18H30BN3O4.C9H9NO2.C9H20/c1-17(2)11-7-13(17)18(3)14(8-11)25-19(26-18)10-21-16(24)12-5-4-6-22(12)15(23)9-20;11-9(12)10-5-7-3-1-2-4-8(7)6-10;1-3-5-7-9-8-6-4-2/h11-14H,4-10,20H2,1-3H3,(H,21,24);1-4H,5-6H2,(H,11,12);3-9H2,1-2H3. The summed E-state index contributed by atoms with van der Waals surface area (Å²) in [4.78, 5) is 38.0. The number of carbonyl (C=O) groups is 3. The van der Waals surface area contributed by atoms with E-state index in [1.54, 1.807) is 4.90 Å². The molecule has 5 fully saturated rings. The highest BCUT2D eigenvalue weighted by molar-refractivity contribution is 6.46. The third kappa shape index (κ3) is 8.70. The summed E-state index contributed by atoms with van der Waals surface area (Å²) in [5.41, 5.74) is 7.74. The van der Waals surface area contributed by atoms with E-state index in [9.17, 15) is 14.4 Å². The summed E-state index contributed by atoms with van der Waals surface area (Å²) in [6.07, 6.45) is 13.3. The molecule has 2 saturated heterocycles. The number of amides is 3. The highest BCUT2D eigenvalue weighted by atomic mass is 16.7. The van der Waals surface area contributed by atoms with Crippen LogP contribution in [-0.4, -0.2) is 77.2 Å². The molecule has 3 aliphatic carbocycles. The molecule has 1 aromatic carbocycles. The van der Waals surface area contributed by atoms with Crippen molar-refractivity contribution in [2.24, 2.45) is 23.0 Å². The lowest BCUT2D eigenvalue weighted by Crippen LogP contribution is -2.65. The quantitative estimate of drug-likeness (QED) is 0.216. The molecule has 3 heterocycles. The Bertz CT molecular complexity index is 1180. The summed E-state index contributed by atoms with van der Waals surface area (Å²) in [5, 5.41) is 11.6. The Morgan fingerprint density at radius 3 is 2.17 bits per heavy atom. The molecule has 3 amide bonds. The summed E-state index contributed by atoms with van der Waals surface area (Å²) in [7, 11) is -0.413. The zero-order valence-corrected chi connectivity index (χ0v) is 29.5. The van der Waals surface area contributed by atoms with Crippen molar-refractivity contribution >= 4 is 25.0 Å². The molecule has 3 saturated carbocycles. The Labute approximate surface area is 282 Å². The number of benzene rings is 1. The Morgan fingerprint density at radius 2 is 1.62 bits per heavy atom. The van der Waals surface area contributed by atoms with Crippen molar-refractivity contribution < 1.29 is 28.8 Å². The average Bonchev–Trinajstić information content (AvgIpc) is 3.80. The summed E-state index contributed by atoms with van der Waals surface area (Å²) >= 11 is 0. The second kappa shape index (κ2) is 16.7. The molecule has 1 aromatic rings. The van der Waals surface area contributed by atoms with Crippen LogP contribution in [0.15, 0.2) is 24.3 Å². The molecular weight excluding hydrogens is 595 g/mol. The molecule has 262 valence electrons. The van der Waals surface area contributed by atoms with Gasteiger partial charge in [-0.3, -0.25) is 14.5 Å². The minimum Gasteiger partial charge on any atom is -0.465 e. The molecule has 6 aliphatic rings. The number of nitrogens with zero attached hydrogens (tertiary/aromatic N) is 2. The van der Waals surface area contributed by atoms with Crippen LogP contribution >= 0.6 is 0 Å². The maximum Gasteiger partial charge on any atom is 0.478 e. The average molecular weight is 655 g/mol. The first-order valence-electron chi connectivity index (χ1n) is 18.1. The lowest BCUT2D eigenvalue weighted by molar-refractivity contribution is -0.199. The third-order valence-corrected chi connectivity index (χ3v) is 11.3. The van der Waals surface area contributed by atoms with Gasteiger partial charge in [0.05, 0.1) is 24.7 Å². The Hall–Kier alpha value is -2.63. The van der Waals surface area contributed by atoms with Gasteiger partial charge in [-0.25, -0.2) is 4.79 Å². The van der Waals surface area contributed by atoms with Crippen LogP contribution in [0.5, 0.6) is 0 Å². The van der Waals surface area contributed by atoms with E-state index in [2.05, 4.69) is 39.9 Å². The van der Waals surface area contributed by atoms with Crippen LogP contribution in [0.1, 0.15) is 116 Å². The van der Waals surface area contributed by atoms with E-state index in [0.29, 0.717) is 49.8 Å². The van der Waals surface area contributed by atoms with Gasteiger partial charge >= 0.3 is 13.2 Å². The molecular formula is C36H59BN4O6. The van der Waals surface area contributed by atoms with Crippen molar-refractivity contribution in [1.82, 2.24) is 15.1 Å². The molecule has 5 unspecified atom stereocenters. The van der Waals surface area contributed by atoms with Crippen molar-refractivity contribution in [2.75, 3.05) is 19.5 Å². The molecule has 4 N–H and O–H groups in total. The van der Waals surface area contributed by atoms with Gasteiger partial charge in [-0.15, -0.1) is 0 Å². The van der Waals surface area contributed by atoms with Crippen LogP contribution < -0.4 is 11.1 Å². The maximum atomic E-state index is 12.5. The summed E-state index contributed by atoms with van der Waals surface area (Å²) < 4.78 is 12.4. The monoisotopic (exact) mass is 654 g/mol. The fourth-order valence-electron chi connectivity index (χ4n) is 8.29. The molecule has 11 heteroatoms. The van der Waals surface area contributed by atoms with Crippen molar-refractivity contribution in [3.8, 4) is 0 Å². The van der Waals surface area contributed by atoms with Gasteiger partial charge in [0.15, 0.2) is 0 Å². The Kier molecular flexibility index (Phi) is 13.2. The number of likely N-dealkylation sites (tertiary alicyclic amines) is 1. The number of hydrogen-bond donors (Lipinski definition) is 3. The molecule has 10 nitrogen and oxygen atoms in total. The van der Waals surface area contributed by atoms with Crippen LogP contribution in [0.4, 0.5) is 4.79 Å². The molecule has 2 bridgehead atoms. The highest BCUT2D eigenvalue weighted by Crippen LogP contribution is 2.65. The van der Waals surface area contributed by atoms with Crippen molar-refractivity contribution in [3.63, 3.8) is 0 Å². The second-order valence-corrected chi connectivity index (χ2v) is 14.8. The largest absolute Gasteiger partial charge is 0.478 e. The van der Waals surface area contributed by atoms with E-state index in [-0.39, 0.29) is 30.1 Å². The number of hydrogen-bond acceptors (Lipinski definition) is 6. The SMILES string of the molecule is CC1(C)C2CC3OB(CNC(=O)C4CCCN4C(=O)CN)OC3(C)C1C2.CCCCCCCCC.O=C(O)N1Cc2ccccc2C1. The second-order valence-electron chi connectivity index (χ2n) is 14.8. The van der Waals surface area contributed by atoms with Crippen molar-refractivity contribution in [1.29, 1.82) is 0 Å². The number of nitrogens with one attached hydrogen (secondary N) is 1. The van der Waals surface area contributed by atoms with Crippen molar-refractivity contribution in [2.45, 2.75) is 136 Å².